The van der Waals surface area contributed by atoms with Crippen LogP contribution in [0.25, 0.3) is 0 Å². The lowest BCUT2D eigenvalue weighted by atomic mass is 9.96. The van der Waals surface area contributed by atoms with Crippen LogP contribution in [0.3, 0.4) is 0 Å². The van der Waals surface area contributed by atoms with Gasteiger partial charge in [-0.2, -0.15) is 0 Å². The van der Waals surface area contributed by atoms with Gasteiger partial charge in [0, 0.05) is 24.9 Å². The van der Waals surface area contributed by atoms with Gasteiger partial charge in [0.2, 0.25) is 11.8 Å². The fourth-order valence-corrected chi connectivity index (χ4v) is 3.21. The number of hydrogen-bond acceptors (Lipinski definition) is 4. The van der Waals surface area contributed by atoms with Crippen molar-refractivity contribution in [1.82, 2.24) is 16.1 Å². The highest BCUT2D eigenvalue weighted by molar-refractivity contribution is 6.01. The number of carbonyl (C=O) groups excluding carboxylic acids is 3. The van der Waals surface area contributed by atoms with Gasteiger partial charge < -0.3 is 10.6 Å². The van der Waals surface area contributed by atoms with E-state index >= 15 is 0 Å². The van der Waals surface area contributed by atoms with Gasteiger partial charge >= 0.3 is 0 Å². The molecule has 3 N–H and O–H groups in total. The summed E-state index contributed by atoms with van der Waals surface area (Å²) >= 11 is 0. The Labute approximate surface area is 159 Å². The lowest BCUT2D eigenvalue weighted by molar-refractivity contribution is -0.130. The Bertz CT molecular complexity index is 644. The van der Waals surface area contributed by atoms with Gasteiger partial charge in [-0.15, -0.1) is 12.4 Å². The van der Waals surface area contributed by atoms with Gasteiger partial charge in [-0.1, -0.05) is 0 Å². The molecule has 0 radical (unpaired) electrons. The lowest BCUT2D eigenvalue weighted by Gasteiger charge is -2.27. The molecule has 0 aromatic heterocycles. The van der Waals surface area contributed by atoms with Crippen molar-refractivity contribution in [2.24, 2.45) is 5.92 Å². The molecule has 0 spiro atoms. The van der Waals surface area contributed by atoms with Crippen LogP contribution in [0, 0.1) is 5.92 Å². The first-order valence-electron chi connectivity index (χ1n) is 8.85. The Morgan fingerprint density at radius 3 is 2.65 bits per heavy atom. The van der Waals surface area contributed by atoms with Crippen molar-refractivity contribution in [2.75, 3.05) is 24.6 Å². The second-order valence-electron chi connectivity index (χ2n) is 6.57. The van der Waals surface area contributed by atoms with E-state index < -0.39 is 0 Å². The van der Waals surface area contributed by atoms with Gasteiger partial charge in [-0.05, 0) is 62.5 Å². The molecule has 2 saturated heterocycles. The number of carbonyl (C=O) groups is 3. The molecule has 3 amide bonds. The molecule has 142 valence electrons. The highest BCUT2D eigenvalue weighted by Crippen LogP contribution is 2.18. The molecule has 1 aromatic rings. The van der Waals surface area contributed by atoms with Crippen molar-refractivity contribution in [3.05, 3.63) is 29.8 Å². The van der Waals surface area contributed by atoms with E-state index in [-0.39, 0.29) is 43.0 Å². The van der Waals surface area contributed by atoms with Gasteiger partial charge in [0.1, 0.15) is 0 Å². The summed E-state index contributed by atoms with van der Waals surface area (Å²) in [6.07, 6.45) is 3.81. The number of anilines is 1. The van der Waals surface area contributed by atoms with Crippen LogP contribution in [0.4, 0.5) is 5.69 Å². The minimum atomic E-state index is -0.182. The minimum Gasteiger partial charge on any atom is -0.352 e. The SMILES string of the molecule is Cl.O=C1CCC(=O)N(c2ccc(C(=O)NCCC3CCCNC3)cc2)N1. The van der Waals surface area contributed by atoms with Crippen LogP contribution >= 0.6 is 12.4 Å². The van der Waals surface area contributed by atoms with E-state index in [1.54, 1.807) is 24.3 Å². The standard InChI is InChI=1S/C18H24N4O3.ClH/c23-16-7-8-17(24)22(21-16)15-5-3-14(4-6-15)18(25)20-11-9-13-2-1-10-19-12-13;/h3-6,13,19H,1-2,7-12H2,(H,20,25)(H,21,23);1H. The van der Waals surface area contributed by atoms with Crippen LogP contribution in [0.15, 0.2) is 24.3 Å². The third-order valence-corrected chi connectivity index (χ3v) is 4.68. The first-order valence-corrected chi connectivity index (χ1v) is 8.85. The Morgan fingerprint density at radius 1 is 1.19 bits per heavy atom. The average molecular weight is 381 g/mol. The van der Waals surface area contributed by atoms with Gasteiger partial charge in [0.15, 0.2) is 0 Å². The number of nitrogens with one attached hydrogen (secondary N) is 3. The molecular weight excluding hydrogens is 356 g/mol. The number of benzene rings is 1. The fourth-order valence-electron chi connectivity index (χ4n) is 3.21. The molecule has 0 aliphatic carbocycles. The summed E-state index contributed by atoms with van der Waals surface area (Å²) < 4.78 is 0. The summed E-state index contributed by atoms with van der Waals surface area (Å²) in [6.45, 7) is 2.78. The third kappa shape index (κ3) is 5.19. The summed E-state index contributed by atoms with van der Waals surface area (Å²) in [5.41, 5.74) is 3.64. The topological polar surface area (TPSA) is 90.5 Å². The van der Waals surface area contributed by atoms with Crippen LogP contribution in [0.2, 0.25) is 0 Å². The number of hydrogen-bond donors (Lipinski definition) is 3. The summed E-state index contributed by atoms with van der Waals surface area (Å²) in [4.78, 5) is 35.5. The number of piperidine rings is 1. The molecule has 1 atom stereocenters. The molecule has 3 rings (SSSR count). The highest BCUT2D eigenvalue weighted by atomic mass is 35.5. The summed E-state index contributed by atoms with van der Waals surface area (Å²) in [6, 6.07) is 6.68. The number of hydrazine groups is 1. The number of nitrogens with zero attached hydrogens (tertiary/aromatic N) is 1. The minimum absolute atomic E-state index is 0. The lowest BCUT2D eigenvalue weighted by Crippen LogP contribution is -2.50. The van der Waals surface area contributed by atoms with Crippen molar-refractivity contribution in [3.8, 4) is 0 Å². The maximum absolute atomic E-state index is 12.2. The quantitative estimate of drug-likeness (QED) is 0.720. The van der Waals surface area contributed by atoms with Crippen molar-refractivity contribution in [2.45, 2.75) is 32.1 Å². The largest absolute Gasteiger partial charge is 0.352 e. The molecule has 0 saturated carbocycles. The van der Waals surface area contributed by atoms with E-state index in [0.29, 0.717) is 23.7 Å². The molecule has 2 aliphatic rings. The molecule has 2 fully saturated rings. The van der Waals surface area contributed by atoms with Crippen LogP contribution in [-0.4, -0.2) is 37.4 Å². The third-order valence-electron chi connectivity index (χ3n) is 4.68. The fraction of sp³-hybridized carbons (Fsp3) is 0.500. The summed E-state index contributed by atoms with van der Waals surface area (Å²) in [7, 11) is 0. The number of amides is 3. The van der Waals surface area contributed by atoms with Gasteiger partial charge in [-0.25, -0.2) is 5.01 Å². The normalized spacial score (nSPS) is 20.2. The van der Waals surface area contributed by atoms with Crippen LogP contribution in [0.1, 0.15) is 42.5 Å². The Hall–Kier alpha value is -2.12. The van der Waals surface area contributed by atoms with E-state index in [1.165, 1.54) is 17.9 Å². The molecule has 2 aliphatic heterocycles. The predicted octanol–water partition coefficient (Wildman–Crippen LogP) is 1.39. The smallest absolute Gasteiger partial charge is 0.251 e. The second-order valence-corrected chi connectivity index (χ2v) is 6.57. The first kappa shape index (κ1) is 20.2. The predicted molar refractivity (Wildman–Crippen MR) is 101 cm³/mol. The zero-order chi connectivity index (χ0) is 17.6. The Kier molecular flexibility index (Phi) is 7.41. The number of halogens is 1. The van der Waals surface area contributed by atoms with Crippen molar-refractivity contribution in [3.63, 3.8) is 0 Å². The second kappa shape index (κ2) is 9.54. The van der Waals surface area contributed by atoms with E-state index in [2.05, 4.69) is 16.1 Å². The van der Waals surface area contributed by atoms with Crippen molar-refractivity contribution < 1.29 is 14.4 Å². The van der Waals surface area contributed by atoms with E-state index in [9.17, 15) is 14.4 Å². The van der Waals surface area contributed by atoms with Gasteiger partial charge in [-0.3, -0.25) is 19.8 Å². The average Bonchev–Trinajstić information content (AvgIpc) is 2.65. The monoisotopic (exact) mass is 380 g/mol. The zero-order valence-corrected chi connectivity index (χ0v) is 15.4. The van der Waals surface area contributed by atoms with E-state index in [4.69, 9.17) is 0 Å². The molecule has 26 heavy (non-hydrogen) atoms. The number of rotatable bonds is 5. The summed E-state index contributed by atoms with van der Waals surface area (Å²) in [5, 5.41) is 7.56. The van der Waals surface area contributed by atoms with Gasteiger partial charge in [0.05, 0.1) is 5.69 Å². The van der Waals surface area contributed by atoms with Crippen LogP contribution < -0.4 is 21.1 Å². The van der Waals surface area contributed by atoms with Crippen LogP contribution in [-0.2, 0) is 9.59 Å². The Balaban J connectivity index is 0.00000243. The first-order chi connectivity index (χ1) is 12.1. The van der Waals surface area contributed by atoms with Crippen LogP contribution in [0.5, 0.6) is 0 Å². The van der Waals surface area contributed by atoms with E-state index in [0.717, 1.165) is 19.5 Å². The molecule has 8 heteroatoms. The highest BCUT2D eigenvalue weighted by Gasteiger charge is 2.24. The molecular formula is C18H25ClN4O3. The molecule has 0 bridgehead atoms. The maximum Gasteiger partial charge on any atom is 0.251 e. The Morgan fingerprint density at radius 2 is 1.96 bits per heavy atom. The molecule has 1 aromatic carbocycles. The molecule has 1 unspecified atom stereocenters. The maximum atomic E-state index is 12.2. The molecule has 2 heterocycles. The van der Waals surface area contributed by atoms with Crippen molar-refractivity contribution >= 4 is 35.8 Å². The zero-order valence-electron chi connectivity index (χ0n) is 14.6. The molecule has 7 nitrogen and oxygen atoms in total. The van der Waals surface area contributed by atoms with Crippen molar-refractivity contribution in [1.29, 1.82) is 0 Å². The summed E-state index contributed by atoms with van der Waals surface area (Å²) in [5.74, 6) is 0.172. The van der Waals surface area contributed by atoms with Gasteiger partial charge in [0.25, 0.3) is 5.91 Å². The van der Waals surface area contributed by atoms with E-state index in [1.807, 2.05) is 0 Å².